The minimum Gasteiger partial charge on any atom is -0.444 e. The summed E-state index contributed by atoms with van der Waals surface area (Å²) in [5, 5.41) is 3.51. The van der Waals surface area contributed by atoms with Crippen LogP contribution in [0.1, 0.15) is 35.5 Å². The molecule has 7 nitrogen and oxygen atoms in total. The molecule has 2 aromatic carbocycles. The maximum atomic E-state index is 12.8. The second kappa shape index (κ2) is 10.2. The van der Waals surface area contributed by atoms with Crippen LogP contribution in [0, 0.1) is 0 Å². The summed E-state index contributed by atoms with van der Waals surface area (Å²) in [5.41, 5.74) is 2.88. The van der Waals surface area contributed by atoms with E-state index >= 15 is 0 Å². The van der Waals surface area contributed by atoms with Gasteiger partial charge < -0.3 is 19.4 Å². The molecule has 1 N–H and O–H groups in total. The van der Waals surface area contributed by atoms with Crippen LogP contribution in [-0.4, -0.2) is 47.0 Å². The first-order chi connectivity index (χ1) is 15.9. The third-order valence-corrected chi connectivity index (χ3v) is 5.63. The van der Waals surface area contributed by atoms with Crippen molar-refractivity contribution in [3.63, 3.8) is 0 Å². The summed E-state index contributed by atoms with van der Waals surface area (Å²) in [5.74, 6) is 0.274. The normalized spacial score (nSPS) is 18.2. The number of carbonyl (C=O) groups excluding carboxylic acids is 2. The predicted octanol–water partition coefficient (Wildman–Crippen LogP) is 4.10. The fourth-order valence-corrected chi connectivity index (χ4v) is 3.96. The topological polar surface area (TPSA) is 84.7 Å². The number of hydrogen-bond donors (Lipinski definition) is 1. The first-order valence-electron chi connectivity index (χ1n) is 10.9. The highest BCUT2D eigenvalue weighted by Crippen LogP contribution is 2.21. The highest BCUT2D eigenvalue weighted by molar-refractivity contribution is 6.30. The van der Waals surface area contributed by atoms with Crippen LogP contribution >= 0.6 is 11.6 Å². The van der Waals surface area contributed by atoms with Crippen LogP contribution < -0.4 is 5.32 Å². The zero-order valence-electron chi connectivity index (χ0n) is 18.6. The van der Waals surface area contributed by atoms with Crippen molar-refractivity contribution in [2.24, 2.45) is 0 Å². The van der Waals surface area contributed by atoms with Crippen LogP contribution in [0.25, 0.3) is 11.5 Å². The second-order valence-corrected chi connectivity index (χ2v) is 8.71. The Balaban J connectivity index is 1.28. The van der Waals surface area contributed by atoms with Gasteiger partial charge in [0.15, 0.2) is 0 Å². The van der Waals surface area contributed by atoms with Crippen molar-refractivity contribution in [3.05, 3.63) is 76.6 Å². The van der Waals surface area contributed by atoms with Gasteiger partial charge in [-0.2, -0.15) is 0 Å². The van der Waals surface area contributed by atoms with Gasteiger partial charge in [0.25, 0.3) is 5.91 Å². The lowest BCUT2D eigenvalue weighted by Gasteiger charge is -2.35. The Labute approximate surface area is 197 Å². The third kappa shape index (κ3) is 6.00. The Bertz CT molecular complexity index is 1100. The molecule has 1 aliphatic rings. The monoisotopic (exact) mass is 467 g/mol. The minimum atomic E-state index is -0.164. The van der Waals surface area contributed by atoms with Gasteiger partial charge in [0.1, 0.15) is 6.26 Å². The van der Waals surface area contributed by atoms with E-state index in [1.165, 1.54) is 6.26 Å². The molecule has 1 aromatic heterocycles. The lowest BCUT2D eigenvalue weighted by atomic mass is 10.1. The van der Waals surface area contributed by atoms with Gasteiger partial charge in [-0.15, -0.1) is 0 Å². The van der Waals surface area contributed by atoms with Gasteiger partial charge in [-0.25, -0.2) is 4.98 Å². The lowest BCUT2D eigenvalue weighted by molar-refractivity contribution is -0.120. The molecule has 2 heterocycles. The van der Waals surface area contributed by atoms with Crippen LogP contribution in [0.3, 0.4) is 0 Å². The van der Waals surface area contributed by atoms with Crippen LogP contribution in [0.5, 0.6) is 0 Å². The molecule has 1 fully saturated rings. The summed E-state index contributed by atoms with van der Waals surface area (Å²) >= 11 is 5.90. The van der Waals surface area contributed by atoms with E-state index in [-0.39, 0.29) is 30.4 Å². The van der Waals surface area contributed by atoms with E-state index in [1.54, 1.807) is 24.3 Å². The van der Waals surface area contributed by atoms with Gasteiger partial charge in [-0.1, -0.05) is 23.7 Å². The number of nitrogens with zero attached hydrogens (tertiary/aromatic N) is 2. The smallest absolute Gasteiger partial charge is 0.254 e. The number of benzene rings is 2. The molecule has 3 aromatic rings. The molecule has 8 heteroatoms. The van der Waals surface area contributed by atoms with Crippen molar-refractivity contribution >= 4 is 23.4 Å². The molecule has 1 saturated heterocycles. The Morgan fingerprint density at radius 3 is 2.39 bits per heavy atom. The van der Waals surface area contributed by atoms with Crippen LogP contribution in [0.4, 0.5) is 0 Å². The molecule has 0 radical (unpaired) electrons. The summed E-state index contributed by atoms with van der Waals surface area (Å²) in [4.78, 5) is 31.3. The van der Waals surface area contributed by atoms with Crippen LogP contribution in [-0.2, 0) is 22.5 Å². The number of nitrogens with one attached hydrogen (secondary N) is 1. The molecule has 33 heavy (non-hydrogen) atoms. The lowest BCUT2D eigenvalue weighted by Crippen LogP contribution is -2.48. The fraction of sp³-hybridized carbons (Fsp3) is 0.320. The highest BCUT2D eigenvalue weighted by Gasteiger charge is 2.26. The van der Waals surface area contributed by atoms with Crippen LogP contribution in [0.15, 0.2) is 59.2 Å². The fourth-order valence-electron chi connectivity index (χ4n) is 3.83. The molecule has 2 atom stereocenters. The first-order valence-corrected chi connectivity index (χ1v) is 11.3. The molecule has 0 spiro atoms. The second-order valence-electron chi connectivity index (χ2n) is 8.27. The molecule has 0 saturated carbocycles. The molecule has 172 valence electrons. The van der Waals surface area contributed by atoms with Crippen molar-refractivity contribution < 1.29 is 18.7 Å². The summed E-state index contributed by atoms with van der Waals surface area (Å²) < 4.78 is 11.2. The summed E-state index contributed by atoms with van der Waals surface area (Å²) in [6, 6.07) is 14.4. The number of oxazole rings is 1. The van der Waals surface area contributed by atoms with Gasteiger partial charge in [0.2, 0.25) is 11.8 Å². The zero-order chi connectivity index (χ0) is 23.4. The largest absolute Gasteiger partial charge is 0.444 e. The van der Waals surface area contributed by atoms with E-state index in [9.17, 15) is 9.59 Å². The average Bonchev–Trinajstić information content (AvgIpc) is 3.26. The molecule has 2 amide bonds. The Morgan fingerprint density at radius 2 is 1.73 bits per heavy atom. The van der Waals surface area contributed by atoms with E-state index in [0.29, 0.717) is 41.8 Å². The Hall–Kier alpha value is -3.16. The van der Waals surface area contributed by atoms with Gasteiger partial charge in [-0.3, -0.25) is 9.59 Å². The molecular weight excluding hydrogens is 442 g/mol. The third-order valence-electron chi connectivity index (χ3n) is 5.38. The van der Waals surface area contributed by atoms with Gasteiger partial charge in [0.05, 0.1) is 24.3 Å². The molecule has 1 aliphatic heterocycles. The van der Waals surface area contributed by atoms with E-state index in [4.69, 9.17) is 20.8 Å². The number of amides is 2. The molecule has 0 bridgehead atoms. The molecule has 4 rings (SSSR count). The van der Waals surface area contributed by atoms with E-state index in [0.717, 1.165) is 11.1 Å². The maximum absolute atomic E-state index is 12.8. The van der Waals surface area contributed by atoms with E-state index in [1.807, 2.05) is 43.0 Å². The number of morpholine rings is 1. The summed E-state index contributed by atoms with van der Waals surface area (Å²) in [6.07, 6.45) is 1.65. The molecule has 0 aliphatic carbocycles. The van der Waals surface area contributed by atoms with Gasteiger partial charge in [0, 0.05) is 35.8 Å². The Morgan fingerprint density at radius 1 is 1.06 bits per heavy atom. The number of halogens is 1. The quantitative estimate of drug-likeness (QED) is 0.590. The van der Waals surface area contributed by atoms with Crippen molar-refractivity contribution in [1.29, 1.82) is 0 Å². The highest BCUT2D eigenvalue weighted by atomic mass is 35.5. The maximum Gasteiger partial charge on any atom is 0.254 e. The number of hydrogen-bond acceptors (Lipinski definition) is 5. The predicted molar refractivity (Wildman–Crippen MR) is 125 cm³/mol. The van der Waals surface area contributed by atoms with Crippen molar-refractivity contribution in [1.82, 2.24) is 15.2 Å². The van der Waals surface area contributed by atoms with Crippen molar-refractivity contribution in [3.8, 4) is 11.5 Å². The van der Waals surface area contributed by atoms with E-state index in [2.05, 4.69) is 10.3 Å². The van der Waals surface area contributed by atoms with Crippen LogP contribution in [0.2, 0.25) is 5.02 Å². The van der Waals surface area contributed by atoms with Crippen molar-refractivity contribution in [2.45, 2.75) is 39.0 Å². The van der Waals surface area contributed by atoms with Gasteiger partial charge in [-0.05, 0) is 55.8 Å². The SMILES string of the molecule is CC1CN(C(=O)c2ccc(CNC(=O)Cc3coc(-c4ccc(Cl)cc4)n3)cc2)CC(C)O1. The standard InChI is InChI=1S/C25H26ClN3O4/c1-16-13-29(14-17(2)33-16)25(31)20-5-3-18(4-6-20)12-27-23(30)11-22-15-32-24(28-22)19-7-9-21(26)10-8-19/h3-10,15-17H,11-14H2,1-2H3,(H,27,30). The van der Waals surface area contributed by atoms with Crippen molar-refractivity contribution in [2.75, 3.05) is 13.1 Å². The number of ether oxygens (including phenoxy) is 1. The number of aromatic nitrogens is 1. The number of rotatable bonds is 6. The minimum absolute atomic E-state index is 0.00453. The summed E-state index contributed by atoms with van der Waals surface area (Å²) in [6.45, 7) is 5.48. The van der Waals surface area contributed by atoms with Gasteiger partial charge >= 0.3 is 0 Å². The summed E-state index contributed by atoms with van der Waals surface area (Å²) in [7, 11) is 0. The molecular formula is C25H26ClN3O4. The zero-order valence-corrected chi connectivity index (χ0v) is 19.3. The Kier molecular flexibility index (Phi) is 7.11. The first kappa shape index (κ1) is 23.0. The molecule has 2 unspecified atom stereocenters. The average molecular weight is 468 g/mol. The number of carbonyl (C=O) groups is 2. The van der Waals surface area contributed by atoms with E-state index < -0.39 is 0 Å².